The first-order chi connectivity index (χ1) is 14.1. The molecule has 29 heavy (non-hydrogen) atoms. The van der Waals surface area contributed by atoms with Crippen molar-refractivity contribution in [1.29, 1.82) is 0 Å². The summed E-state index contributed by atoms with van der Waals surface area (Å²) in [6.45, 7) is 0. The number of nitrogens with zero attached hydrogens (tertiary/aromatic N) is 2. The number of aryl methyl sites for hydroxylation is 1. The molecule has 3 aromatic carbocycles. The molecular formula is C25H21N2O2+. The molecule has 0 unspecified atom stereocenters. The summed E-state index contributed by atoms with van der Waals surface area (Å²) in [6.07, 6.45) is 3.25. The first kappa shape index (κ1) is 17.4. The molecule has 1 aliphatic heterocycles. The number of esters is 1. The fourth-order valence-corrected chi connectivity index (χ4v) is 4.39. The topological polar surface area (TPSA) is 33.4 Å². The number of carbonyl (C=O) groups is 1. The lowest BCUT2D eigenvalue weighted by Crippen LogP contribution is -2.34. The van der Waals surface area contributed by atoms with E-state index in [1.165, 1.54) is 46.6 Å². The number of pyridine rings is 1. The van der Waals surface area contributed by atoms with Crippen LogP contribution in [-0.4, -0.2) is 20.1 Å². The highest BCUT2D eigenvalue weighted by atomic mass is 16.5. The number of rotatable bonds is 2. The molecule has 1 aromatic heterocycles. The molecule has 1 aliphatic rings. The number of methoxy groups -OCH3 is 1. The Morgan fingerprint density at radius 2 is 1.79 bits per heavy atom. The number of carbonyl (C=O) groups excluding carboxylic acids is 1. The highest BCUT2D eigenvalue weighted by molar-refractivity contribution is 6.17. The lowest BCUT2D eigenvalue weighted by atomic mass is 9.92. The zero-order chi connectivity index (χ0) is 20.1. The van der Waals surface area contributed by atoms with Crippen LogP contribution >= 0.6 is 0 Å². The Bertz CT molecular complexity index is 1340. The van der Waals surface area contributed by atoms with Gasteiger partial charge in [-0.2, -0.15) is 4.57 Å². The van der Waals surface area contributed by atoms with Crippen LogP contribution < -0.4 is 9.47 Å². The van der Waals surface area contributed by atoms with Gasteiger partial charge in [-0.1, -0.05) is 24.3 Å². The average molecular weight is 381 g/mol. The van der Waals surface area contributed by atoms with E-state index >= 15 is 0 Å². The van der Waals surface area contributed by atoms with Crippen molar-refractivity contribution in [3.8, 4) is 11.3 Å². The molecule has 0 amide bonds. The van der Waals surface area contributed by atoms with Crippen LogP contribution in [0.1, 0.15) is 5.56 Å². The van der Waals surface area contributed by atoms with Crippen LogP contribution in [0.15, 0.2) is 66.7 Å². The van der Waals surface area contributed by atoms with Gasteiger partial charge in [0.1, 0.15) is 7.05 Å². The van der Waals surface area contributed by atoms with E-state index in [0.29, 0.717) is 0 Å². The molecule has 0 atom stereocenters. The number of benzene rings is 3. The molecule has 0 saturated heterocycles. The van der Waals surface area contributed by atoms with E-state index < -0.39 is 0 Å². The van der Waals surface area contributed by atoms with E-state index in [9.17, 15) is 4.79 Å². The molecule has 0 fully saturated rings. The van der Waals surface area contributed by atoms with E-state index in [1.807, 2.05) is 6.07 Å². The van der Waals surface area contributed by atoms with Gasteiger partial charge < -0.3 is 9.64 Å². The Labute approximate surface area is 169 Å². The van der Waals surface area contributed by atoms with Crippen LogP contribution in [0.4, 0.5) is 11.4 Å². The third-order valence-corrected chi connectivity index (χ3v) is 5.78. The summed E-state index contributed by atoms with van der Waals surface area (Å²) in [5.74, 6) is -0.356. The zero-order valence-electron chi connectivity index (χ0n) is 16.6. The van der Waals surface area contributed by atoms with Crippen molar-refractivity contribution >= 4 is 45.1 Å². The van der Waals surface area contributed by atoms with Crippen molar-refractivity contribution < 1.29 is 14.1 Å². The van der Waals surface area contributed by atoms with Crippen molar-refractivity contribution in [2.75, 3.05) is 19.1 Å². The van der Waals surface area contributed by atoms with E-state index in [1.54, 1.807) is 6.08 Å². The van der Waals surface area contributed by atoms with E-state index in [4.69, 9.17) is 4.74 Å². The number of aromatic nitrogens is 1. The fourth-order valence-electron chi connectivity index (χ4n) is 4.39. The first-order valence-corrected chi connectivity index (χ1v) is 9.58. The summed E-state index contributed by atoms with van der Waals surface area (Å²) in [7, 11) is 5.63. The van der Waals surface area contributed by atoms with Gasteiger partial charge in [-0.05, 0) is 42.0 Å². The van der Waals surface area contributed by atoms with Gasteiger partial charge in [0, 0.05) is 24.6 Å². The van der Waals surface area contributed by atoms with Gasteiger partial charge in [-0.15, -0.1) is 0 Å². The monoisotopic (exact) mass is 381 g/mol. The summed E-state index contributed by atoms with van der Waals surface area (Å²) in [5.41, 5.74) is 6.99. The molecule has 0 aliphatic carbocycles. The molecule has 0 saturated carbocycles. The Hall–Kier alpha value is -3.66. The second-order valence-corrected chi connectivity index (χ2v) is 7.32. The van der Waals surface area contributed by atoms with Crippen LogP contribution in [0.5, 0.6) is 0 Å². The summed E-state index contributed by atoms with van der Waals surface area (Å²) >= 11 is 0. The number of anilines is 2. The minimum absolute atomic E-state index is 0.356. The smallest absolute Gasteiger partial charge is 0.330 e. The fraction of sp³-hybridized carbons (Fsp3) is 0.120. The number of para-hydroxylation sites is 1. The van der Waals surface area contributed by atoms with Crippen molar-refractivity contribution in [3.63, 3.8) is 0 Å². The molecule has 2 heterocycles. The van der Waals surface area contributed by atoms with Crippen molar-refractivity contribution in [2.45, 2.75) is 0 Å². The predicted octanol–water partition coefficient (Wildman–Crippen LogP) is 4.75. The van der Waals surface area contributed by atoms with Gasteiger partial charge in [0.15, 0.2) is 0 Å². The number of hydrogen-bond acceptors (Lipinski definition) is 3. The standard InChI is InChI=1S/C25H21N2O2/c1-26-20-9-5-4-7-18(20)25-24-17(8-6-10-22(24)26)19-15-16(12-14-23(28)29-3)11-13-21(19)27(25)2/h4-15H,1-3H3/q+1/b14-12+. The minimum Gasteiger partial charge on any atom is -0.466 e. The highest BCUT2D eigenvalue weighted by Crippen LogP contribution is 2.46. The predicted molar refractivity (Wildman–Crippen MR) is 117 cm³/mol. The van der Waals surface area contributed by atoms with Gasteiger partial charge in [0.2, 0.25) is 11.2 Å². The van der Waals surface area contributed by atoms with Gasteiger partial charge >= 0.3 is 5.97 Å². The van der Waals surface area contributed by atoms with Crippen molar-refractivity contribution in [2.24, 2.45) is 7.05 Å². The van der Waals surface area contributed by atoms with Gasteiger partial charge in [-0.3, -0.25) is 0 Å². The quantitative estimate of drug-likeness (QED) is 0.217. The first-order valence-electron chi connectivity index (χ1n) is 9.58. The summed E-state index contributed by atoms with van der Waals surface area (Å²) in [6, 6.07) is 21.3. The van der Waals surface area contributed by atoms with Crippen LogP contribution in [0.25, 0.3) is 39.0 Å². The maximum atomic E-state index is 11.5. The maximum absolute atomic E-state index is 11.5. The third-order valence-electron chi connectivity index (χ3n) is 5.78. The summed E-state index contributed by atoms with van der Waals surface area (Å²) in [5, 5.41) is 3.62. The Morgan fingerprint density at radius 1 is 1.00 bits per heavy atom. The van der Waals surface area contributed by atoms with E-state index in [0.717, 1.165) is 16.5 Å². The second kappa shape index (κ2) is 6.45. The van der Waals surface area contributed by atoms with Crippen molar-refractivity contribution in [1.82, 2.24) is 0 Å². The lowest BCUT2D eigenvalue weighted by molar-refractivity contribution is -0.632. The van der Waals surface area contributed by atoms with E-state index in [-0.39, 0.29) is 5.97 Å². The lowest BCUT2D eigenvalue weighted by Gasteiger charge is -2.28. The van der Waals surface area contributed by atoms with E-state index in [2.05, 4.69) is 78.2 Å². The maximum Gasteiger partial charge on any atom is 0.330 e. The van der Waals surface area contributed by atoms with Gasteiger partial charge in [0.05, 0.1) is 34.8 Å². The third kappa shape index (κ3) is 2.53. The largest absolute Gasteiger partial charge is 0.466 e. The van der Waals surface area contributed by atoms with Crippen molar-refractivity contribution in [3.05, 3.63) is 72.3 Å². The Morgan fingerprint density at radius 3 is 2.62 bits per heavy atom. The van der Waals surface area contributed by atoms with Gasteiger partial charge in [-0.25, -0.2) is 4.79 Å². The molecule has 0 N–H and O–H groups in total. The molecule has 4 aromatic rings. The van der Waals surface area contributed by atoms with Crippen LogP contribution in [-0.2, 0) is 16.6 Å². The number of ether oxygens (including phenoxy) is 1. The summed E-state index contributed by atoms with van der Waals surface area (Å²) < 4.78 is 6.99. The number of fused-ring (bicyclic) bond motifs is 4. The Kier molecular flexibility index (Phi) is 3.88. The highest BCUT2D eigenvalue weighted by Gasteiger charge is 2.30. The molecule has 142 valence electrons. The normalized spacial score (nSPS) is 12.6. The van der Waals surface area contributed by atoms with Crippen LogP contribution in [0.2, 0.25) is 0 Å². The van der Waals surface area contributed by atoms with Crippen LogP contribution in [0.3, 0.4) is 0 Å². The average Bonchev–Trinajstić information content (AvgIpc) is 2.76. The molecule has 0 spiro atoms. The Balaban J connectivity index is 1.87. The molecule has 0 bridgehead atoms. The molecule has 5 rings (SSSR count). The molecule has 4 heteroatoms. The SMILES string of the molecule is COC(=O)/C=C/c1ccc2c(c1)c1cccc3c1c([n+]2C)-c1ccccc1N3C. The van der Waals surface area contributed by atoms with Gasteiger partial charge in [0.25, 0.3) is 0 Å². The molecule has 4 nitrogen and oxygen atoms in total. The summed E-state index contributed by atoms with van der Waals surface area (Å²) in [4.78, 5) is 13.7. The van der Waals surface area contributed by atoms with Crippen LogP contribution in [0, 0.1) is 0 Å². The number of hydrogen-bond donors (Lipinski definition) is 0. The zero-order valence-corrected chi connectivity index (χ0v) is 16.6. The second-order valence-electron chi connectivity index (χ2n) is 7.32. The molecule has 0 radical (unpaired) electrons. The molecular weight excluding hydrogens is 360 g/mol. The minimum atomic E-state index is -0.356.